The summed E-state index contributed by atoms with van der Waals surface area (Å²) in [5, 5.41) is 0.782. The van der Waals surface area contributed by atoms with Crippen molar-refractivity contribution >= 4 is 28.2 Å². The number of hydrogen-bond acceptors (Lipinski definition) is 5. The predicted octanol–water partition coefficient (Wildman–Crippen LogP) is 2.46. The average molecular weight is 217 g/mol. The Bertz CT molecular complexity index is 265. The van der Waals surface area contributed by atoms with Crippen molar-refractivity contribution in [1.29, 1.82) is 0 Å². The summed E-state index contributed by atoms with van der Waals surface area (Å²) < 4.78 is 0.306. The molecule has 0 saturated heterocycles. The van der Waals surface area contributed by atoms with Crippen LogP contribution in [0.3, 0.4) is 0 Å². The van der Waals surface area contributed by atoms with Gasteiger partial charge in [-0.05, 0) is 0 Å². The van der Waals surface area contributed by atoms with Gasteiger partial charge in [-0.2, -0.15) is 11.8 Å². The number of nitrogens with two attached hydrogens (primary N) is 1. The van der Waals surface area contributed by atoms with Crippen LogP contribution in [-0.4, -0.2) is 9.73 Å². The van der Waals surface area contributed by atoms with Crippen LogP contribution in [0.2, 0.25) is 0 Å². The summed E-state index contributed by atoms with van der Waals surface area (Å²) in [4.78, 5) is 5.36. The molecule has 0 aliphatic rings. The molecule has 0 spiro atoms. The SMILES string of the molecule is CC(C)(C)SCc1cnc(NN)s1. The lowest BCUT2D eigenvalue weighted by atomic mass is 10.3. The molecule has 0 fully saturated rings. The minimum Gasteiger partial charge on any atom is -0.300 e. The fourth-order valence-corrected chi connectivity index (χ4v) is 2.31. The van der Waals surface area contributed by atoms with Crippen LogP contribution in [0.15, 0.2) is 6.20 Å². The highest BCUT2D eigenvalue weighted by Gasteiger charge is 2.11. The van der Waals surface area contributed by atoms with Gasteiger partial charge in [-0.15, -0.1) is 11.3 Å². The summed E-state index contributed by atoms with van der Waals surface area (Å²) in [7, 11) is 0. The van der Waals surface area contributed by atoms with Gasteiger partial charge in [0, 0.05) is 21.6 Å². The van der Waals surface area contributed by atoms with E-state index in [1.807, 2.05) is 18.0 Å². The van der Waals surface area contributed by atoms with Gasteiger partial charge in [-0.25, -0.2) is 10.8 Å². The number of hydrazine groups is 1. The van der Waals surface area contributed by atoms with E-state index in [1.54, 1.807) is 11.3 Å². The van der Waals surface area contributed by atoms with E-state index in [1.165, 1.54) is 4.88 Å². The van der Waals surface area contributed by atoms with Crippen molar-refractivity contribution in [3.05, 3.63) is 11.1 Å². The quantitative estimate of drug-likeness (QED) is 0.603. The van der Waals surface area contributed by atoms with Crippen LogP contribution in [0.5, 0.6) is 0 Å². The highest BCUT2D eigenvalue weighted by Crippen LogP contribution is 2.30. The molecule has 13 heavy (non-hydrogen) atoms. The van der Waals surface area contributed by atoms with Crippen molar-refractivity contribution in [3.63, 3.8) is 0 Å². The number of hydrogen-bond donors (Lipinski definition) is 2. The van der Waals surface area contributed by atoms with E-state index in [0.29, 0.717) is 4.75 Å². The number of nitrogen functional groups attached to an aromatic ring is 1. The smallest absolute Gasteiger partial charge is 0.197 e. The number of thioether (sulfide) groups is 1. The van der Waals surface area contributed by atoms with Crippen LogP contribution in [0.1, 0.15) is 25.6 Å². The summed E-state index contributed by atoms with van der Waals surface area (Å²) in [6.45, 7) is 6.63. The molecule has 0 radical (unpaired) electrons. The fourth-order valence-electron chi connectivity index (χ4n) is 0.729. The lowest BCUT2D eigenvalue weighted by Gasteiger charge is -2.16. The summed E-state index contributed by atoms with van der Waals surface area (Å²) in [6, 6.07) is 0. The molecule has 3 N–H and O–H groups in total. The molecule has 0 saturated carbocycles. The molecule has 5 heteroatoms. The maximum absolute atomic E-state index is 5.24. The third kappa shape index (κ3) is 3.97. The Morgan fingerprint density at radius 1 is 1.62 bits per heavy atom. The topological polar surface area (TPSA) is 50.9 Å². The Hall–Kier alpha value is -0.260. The summed E-state index contributed by atoms with van der Waals surface area (Å²) in [6.07, 6.45) is 1.87. The van der Waals surface area contributed by atoms with E-state index in [-0.39, 0.29) is 0 Å². The molecule has 0 atom stereocenters. The number of rotatable bonds is 3. The number of nitrogens with one attached hydrogen (secondary N) is 1. The Kier molecular flexibility index (Phi) is 3.58. The monoisotopic (exact) mass is 217 g/mol. The molecular formula is C8H15N3S2. The van der Waals surface area contributed by atoms with Crippen molar-refractivity contribution in [3.8, 4) is 0 Å². The maximum atomic E-state index is 5.24. The van der Waals surface area contributed by atoms with E-state index < -0.39 is 0 Å². The van der Waals surface area contributed by atoms with Gasteiger partial charge >= 0.3 is 0 Å². The molecule has 0 aliphatic carbocycles. The minimum atomic E-state index is 0.306. The van der Waals surface area contributed by atoms with Gasteiger partial charge in [0.25, 0.3) is 0 Å². The van der Waals surface area contributed by atoms with Crippen molar-refractivity contribution in [2.75, 3.05) is 5.43 Å². The van der Waals surface area contributed by atoms with E-state index in [0.717, 1.165) is 10.9 Å². The molecule has 1 heterocycles. The maximum Gasteiger partial charge on any atom is 0.197 e. The van der Waals surface area contributed by atoms with Gasteiger partial charge in [0.1, 0.15) is 0 Å². The normalized spacial score (nSPS) is 11.7. The van der Waals surface area contributed by atoms with Crippen molar-refractivity contribution in [1.82, 2.24) is 4.98 Å². The Morgan fingerprint density at radius 2 is 2.31 bits per heavy atom. The zero-order valence-corrected chi connectivity index (χ0v) is 9.76. The number of nitrogens with zero attached hydrogens (tertiary/aromatic N) is 1. The minimum absolute atomic E-state index is 0.306. The largest absolute Gasteiger partial charge is 0.300 e. The summed E-state index contributed by atoms with van der Waals surface area (Å²) >= 11 is 3.52. The van der Waals surface area contributed by atoms with Gasteiger partial charge in [-0.3, -0.25) is 5.43 Å². The fraction of sp³-hybridized carbons (Fsp3) is 0.625. The summed E-state index contributed by atoms with van der Waals surface area (Å²) in [5.74, 6) is 6.24. The second-order valence-electron chi connectivity index (χ2n) is 3.68. The number of aromatic nitrogens is 1. The first-order valence-electron chi connectivity index (χ1n) is 4.06. The molecule has 1 aromatic rings. The van der Waals surface area contributed by atoms with Gasteiger partial charge in [0.15, 0.2) is 5.13 Å². The number of anilines is 1. The third-order valence-electron chi connectivity index (χ3n) is 1.32. The van der Waals surface area contributed by atoms with Crippen molar-refractivity contribution < 1.29 is 0 Å². The van der Waals surface area contributed by atoms with Crippen LogP contribution in [0.4, 0.5) is 5.13 Å². The van der Waals surface area contributed by atoms with Crippen LogP contribution in [0.25, 0.3) is 0 Å². The molecule has 0 aliphatic heterocycles. The molecule has 1 rings (SSSR count). The Morgan fingerprint density at radius 3 is 2.77 bits per heavy atom. The molecule has 74 valence electrons. The van der Waals surface area contributed by atoms with Gasteiger partial charge in [-0.1, -0.05) is 20.8 Å². The molecule has 0 unspecified atom stereocenters. The molecule has 3 nitrogen and oxygen atoms in total. The van der Waals surface area contributed by atoms with Crippen LogP contribution >= 0.6 is 23.1 Å². The van der Waals surface area contributed by atoms with E-state index in [4.69, 9.17) is 5.84 Å². The second-order valence-corrected chi connectivity index (χ2v) is 6.59. The Labute approximate surface area is 87.1 Å². The first-order valence-corrected chi connectivity index (χ1v) is 5.87. The number of thiazole rings is 1. The molecule has 0 bridgehead atoms. The third-order valence-corrected chi connectivity index (χ3v) is 3.76. The van der Waals surface area contributed by atoms with Crippen LogP contribution in [0, 0.1) is 0 Å². The molecule has 1 aromatic heterocycles. The standard InChI is InChI=1S/C8H15N3S2/c1-8(2,3)12-5-6-4-10-7(11-9)13-6/h4H,5,9H2,1-3H3,(H,10,11). The lowest BCUT2D eigenvalue weighted by Crippen LogP contribution is -2.07. The molecular weight excluding hydrogens is 202 g/mol. The van der Waals surface area contributed by atoms with Crippen LogP contribution in [-0.2, 0) is 5.75 Å². The molecule has 0 aromatic carbocycles. The van der Waals surface area contributed by atoms with Gasteiger partial charge < -0.3 is 0 Å². The van der Waals surface area contributed by atoms with Crippen LogP contribution < -0.4 is 11.3 Å². The van der Waals surface area contributed by atoms with Crippen molar-refractivity contribution in [2.24, 2.45) is 5.84 Å². The van der Waals surface area contributed by atoms with Crippen molar-refractivity contribution in [2.45, 2.75) is 31.3 Å². The zero-order valence-electron chi connectivity index (χ0n) is 8.13. The summed E-state index contributed by atoms with van der Waals surface area (Å²) in [5.41, 5.74) is 2.54. The zero-order chi connectivity index (χ0) is 9.90. The average Bonchev–Trinajstić information content (AvgIpc) is 2.47. The highest BCUT2D eigenvalue weighted by molar-refractivity contribution is 7.99. The first kappa shape index (κ1) is 10.8. The van der Waals surface area contributed by atoms with Gasteiger partial charge in [0.2, 0.25) is 0 Å². The van der Waals surface area contributed by atoms with E-state index in [9.17, 15) is 0 Å². The van der Waals surface area contributed by atoms with E-state index in [2.05, 4.69) is 31.2 Å². The first-order chi connectivity index (χ1) is 6.01. The van der Waals surface area contributed by atoms with Gasteiger partial charge in [0.05, 0.1) is 0 Å². The molecule has 0 amide bonds. The van der Waals surface area contributed by atoms with E-state index >= 15 is 0 Å². The lowest BCUT2D eigenvalue weighted by molar-refractivity contribution is 0.802. The predicted molar refractivity (Wildman–Crippen MR) is 61.0 cm³/mol. The second kappa shape index (κ2) is 4.30. The highest BCUT2D eigenvalue weighted by atomic mass is 32.2. The Balaban J connectivity index is 2.46.